The number of hydrogen-bond acceptors (Lipinski definition) is 2. The molecule has 1 fully saturated rings. The Morgan fingerprint density at radius 1 is 1.40 bits per heavy atom. The fourth-order valence-electron chi connectivity index (χ4n) is 2.92. The van der Waals surface area contributed by atoms with Gasteiger partial charge in [-0.15, -0.1) is 0 Å². The molecule has 15 heavy (non-hydrogen) atoms. The second-order valence-electron chi connectivity index (χ2n) is 5.00. The van der Waals surface area contributed by atoms with Crippen molar-refractivity contribution < 1.29 is 0 Å². The van der Waals surface area contributed by atoms with E-state index in [2.05, 4.69) is 42.4 Å². The molecule has 2 heterocycles. The van der Waals surface area contributed by atoms with E-state index in [1.807, 2.05) is 0 Å². The highest BCUT2D eigenvalue weighted by Crippen LogP contribution is 2.40. The lowest BCUT2D eigenvalue weighted by molar-refractivity contribution is 0.243. The monoisotopic (exact) mass is 202 g/mol. The van der Waals surface area contributed by atoms with E-state index in [0.717, 1.165) is 0 Å². The number of likely N-dealkylation sites (tertiary alicyclic amines) is 1. The summed E-state index contributed by atoms with van der Waals surface area (Å²) in [4.78, 5) is 2.44. The maximum absolute atomic E-state index is 3.66. The van der Waals surface area contributed by atoms with Crippen molar-refractivity contribution in [2.75, 3.05) is 25.5 Å². The Morgan fingerprint density at radius 3 is 3.13 bits per heavy atom. The zero-order valence-electron chi connectivity index (χ0n) is 9.46. The lowest BCUT2D eigenvalue weighted by Crippen LogP contribution is -2.39. The number of hydrogen-bond donors (Lipinski definition) is 1. The van der Waals surface area contributed by atoms with Gasteiger partial charge >= 0.3 is 0 Å². The van der Waals surface area contributed by atoms with Crippen LogP contribution < -0.4 is 5.32 Å². The van der Waals surface area contributed by atoms with Gasteiger partial charge in [0.25, 0.3) is 0 Å². The number of likely N-dealkylation sites (N-methyl/N-ethyl adjacent to an activating group) is 1. The molecule has 0 spiro atoms. The van der Waals surface area contributed by atoms with E-state index in [1.54, 1.807) is 0 Å². The zero-order chi connectivity index (χ0) is 10.4. The molecule has 2 nitrogen and oxygen atoms in total. The third kappa shape index (κ3) is 1.44. The molecule has 1 aromatic carbocycles. The molecule has 1 saturated heterocycles. The minimum absolute atomic E-state index is 0.679. The van der Waals surface area contributed by atoms with Gasteiger partial charge < -0.3 is 10.2 Å². The third-order valence-electron chi connectivity index (χ3n) is 3.76. The lowest BCUT2D eigenvalue weighted by Gasteiger charge is -2.32. The average molecular weight is 202 g/mol. The number of fused-ring (bicyclic) bond motifs is 3. The van der Waals surface area contributed by atoms with Crippen molar-refractivity contribution in [3.63, 3.8) is 0 Å². The number of rotatable bonds is 0. The molecule has 2 aliphatic heterocycles. The van der Waals surface area contributed by atoms with Gasteiger partial charge in [0.1, 0.15) is 0 Å². The van der Waals surface area contributed by atoms with Crippen LogP contribution in [0.3, 0.4) is 0 Å². The van der Waals surface area contributed by atoms with E-state index in [4.69, 9.17) is 0 Å². The van der Waals surface area contributed by atoms with Crippen molar-refractivity contribution in [2.24, 2.45) is 0 Å². The Labute approximate surface area is 91.3 Å². The minimum Gasteiger partial charge on any atom is -0.381 e. The van der Waals surface area contributed by atoms with E-state index < -0.39 is 0 Å². The second-order valence-corrected chi connectivity index (χ2v) is 5.00. The molecule has 2 aliphatic rings. The number of aryl methyl sites for hydroxylation is 1. The highest BCUT2D eigenvalue weighted by atomic mass is 15.1. The van der Waals surface area contributed by atoms with Crippen molar-refractivity contribution in [3.05, 3.63) is 29.3 Å². The van der Waals surface area contributed by atoms with Crippen LogP contribution in [0.1, 0.15) is 23.5 Å². The first-order valence-corrected chi connectivity index (χ1v) is 5.79. The Morgan fingerprint density at radius 2 is 2.27 bits per heavy atom. The number of nitrogens with one attached hydrogen (secondary N) is 1. The summed E-state index contributed by atoms with van der Waals surface area (Å²) >= 11 is 0. The average Bonchev–Trinajstić information content (AvgIpc) is 2.56. The molecular weight excluding hydrogens is 184 g/mol. The fourth-order valence-corrected chi connectivity index (χ4v) is 2.92. The molecule has 1 N–H and O–H groups in total. The number of piperidine rings is 1. The van der Waals surface area contributed by atoms with Gasteiger partial charge in [0, 0.05) is 24.2 Å². The van der Waals surface area contributed by atoms with Crippen LogP contribution in [0.15, 0.2) is 18.2 Å². The highest BCUT2D eigenvalue weighted by Gasteiger charge is 2.35. The molecule has 0 saturated carbocycles. The van der Waals surface area contributed by atoms with Crippen LogP contribution in [-0.4, -0.2) is 31.1 Å². The van der Waals surface area contributed by atoms with Gasteiger partial charge in [-0.1, -0.05) is 17.7 Å². The number of nitrogens with zero attached hydrogens (tertiary/aromatic N) is 1. The number of benzene rings is 1. The van der Waals surface area contributed by atoms with Crippen LogP contribution in [0.25, 0.3) is 0 Å². The molecule has 2 heteroatoms. The van der Waals surface area contributed by atoms with Gasteiger partial charge in [-0.05, 0) is 38.6 Å². The van der Waals surface area contributed by atoms with Gasteiger partial charge in [-0.25, -0.2) is 0 Å². The SMILES string of the molecule is Cc1ccc2c(c1)[C@H]1CN(C)CC[C@H]1N2. The molecule has 3 rings (SSSR count). The minimum atomic E-state index is 0.679. The van der Waals surface area contributed by atoms with Gasteiger partial charge in [0.2, 0.25) is 0 Å². The topological polar surface area (TPSA) is 15.3 Å². The Kier molecular flexibility index (Phi) is 1.99. The Balaban J connectivity index is 1.98. The van der Waals surface area contributed by atoms with Gasteiger partial charge in [0.15, 0.2) is 0 Å². The molecule has 0 radical (unpaired) electrons. The maximum Gasteiger partial charge on any atom is 0.0379 e. The van der Waals surface area contributed by atoms with Crippen molar-refractivity contribution in [3.8, 4) is 0 Å². The summed E-state index contributed by atoms with van der Waals surface area (Å²) in [6.45, 7) is 4.61. The predicted molar refractivity (Wildman–Crippen MR) is 63.4 cm³/mol. The van der Waals surface area contributed by atoms with Gasteiger partial charge in [0.05, 0.1) is 0 Å². The molecule has 0 aliphatic carbocycles. The summed E-state index contributed by atoms with van der Waals surface area (Å²) < 4.78 is 0. The first kappa shape index (κ1) is 9.22. The van der Waals surface area contributed by atoms with E-state index in [9.17, 15) is 0 Å². The smallest absolute Gasteiger partial charge is 0.0379 e. The third-order valence-corrected chi connectivity index (χ3v) is 3.76. The van der Waals surface area contributed by atoms with Crippen LogP contribution in [0.4, 0.5) is 5.69 Å². The Bertz CT molecular complexity index is 386. The number of anilines is 1. The fraction of sp³-hybridized carbons (Fsp3) is 0.538. The van der Waals surface area contributed by atoms with E-state index in [1.165, 1.54) is 36.3 Å². The van der Waals surface area contributed by atoms with E-state index in [0.29, 0.717) is 12.0 Å². The van der Waals surface area contributed by atoms with Crippen molar-refractivity contribution >= 4 is 5.69 Å². The van der Waals surface area contributed by atoms with Crippen molar-refractivity contribution in [2.45, 2.75) is 25.3 Å². The zero-order valence-corrected chi connectivity index (χ0v) is 9.46. The van der Waals surface area contributed by atoms with Crippen molar-refractivity contribution in [1.82, 2.24) is 4.90 Å². The van der Waals surface area contributed by atoms with Gasteiger partial charge in [-0.3, -0.25) is 0 Å². The van der Waals surface area contributed by atoms with Gasteiger partial charge in [-0.2, -0.15) is 0 Å². The molecular formula is C13H18N2. The van der Waals surface area contributed by atoms with Crippen LogP contribution in [0.2, 0.25) is 0 Å². The summed E-state index contributed by atoms with van der Waals surface area (Å²) in [5.41, 5.74) is 4.28. The molecule has 0 bridgehead atoms. The normalized spacial score (nSPS) is 29.5. The predicted octanol–water partition coefficient (Wildman–Crippen LogP) is 2.21. The molecule has 0 aromatic heterocycles. The van der Waals surface area contributed by atoms with Crippen LogP contribution in [0.5, 0.6) is 0 Å². The lowest BCUT2D eigenvalue weighted by atomic mass is 9.89. The summed E-state index contributed by atoms with van der Waals surface area (Å²) in [6.07, 6.45) is 1.27. The molecule has 1 aromatic rings. The summed E-state index contributed by atoms with van der Waals surface area (Å²) in [6, 6.07) is 7.47. The molecule has 2 atom stereocenters. The first-order valence-electron chi connectivity index (χ1n) is 5.79. The molecule has 0 amide bonds. The van der Waals surface area contributed by atoms with Crippen LogP contribution in [-0.2, 0) is 0 Å². The van der Waals surface area contributed by atoms with Crippen LogP contribution in [0, 0.1) is 6.92 Å². The highest BCUT2D eigenvalue weighted by molar-refractivity contribution is 5.60. The summed E-state index contributed by atoms with van der Waals surface area (Å²) in [5.74, 6) is 0.707. The van der Waals surface area contributed by atoms with Crippen molar-refractivity contribution in [1.29, 1.82) is 0 Å². The maximum atomic E-state index is 3.66. The van der Waals surface area contributed by atoms with E-state index >= 15 is 0 Å². The van der Waals surface area contributed by atoms with Crippen LogP contribution >= 0.6 is 0 Å². The summed E-state index contributed by atoms with van der Waals surface area (Å²) in [7, 11) is 2.23. The standard InChI is InChI=1S/C13H18N2/c1-9-3-4-12-10(7-9)11-8-15(2)6-5-13(11)14-12/h3-4,7,11,13-14H,5-6,8H2,1-2H3/t11-,13-/m1/s1. The second kappa shape index (κ2) is 3.24. The van der Waals surface area contributed by atoms with E-state index in [-0.39, 0.29) is 0 Å². The quantitative estimate of drug-likeness (QED) is 0.694. The largest absolute Gasteiger partial charge is 0.381 e. The molecule has 80 valence electrons. The summed E-state index contributed by atoms with van der Waals surface area (Å²) in [5, 5.41) is 3.66. The Hall–Kier alpha value is -1.02. The molecule has 0 unspecified atom stereocenters. The first-order chi connectivity index (χ1) is 7.24.